The molecule has 28 heavy (non-hydrogen) atoms. The van der Waals surface area contributed by atoms with Crippen molar-refractivity contribution in [1.29, 1.82) is 0 Å². The van der Waals surface area contributed by atoms with Crippen molar-refractivity contribution in [2.45, 2.75) is 70.3 Å². The molecule has 4 heteroatoms. The van der Waals surface area contributed by atoms with Crippen LogP contribution in [0.15, 0.2) is 42.5 Å². The SMILES string of the molecule is CC(=O)OC1CCN([C@@H]2CCCC[C@H]2OC(C)c2cccc3ccccc23)C1. The average molecular weight is 382 g/mol. The van der Waals surface area contributed by atoms with E-state index in [1.165, 1.54) is 42.5 Å². The monoisotopic (exact) mass is 381 g/mol. The molecule has 0 amide bonds. The van der Waals surface area contributed by atoms with Crippen LogP contribution in [0, 0.1) is 0 Å². The highest BCUT2D eigenvalue weighted by molar-refractivity contribution is 5.85. The van der Waals surface area contributed by atoms with E-state index >= 15 is 0 Å². The van der Waals surface area contributed by atoms with Crippen LogP contribution in [-0.4, -0.2) is 42.2 Å². The summed E-state index contributed by atoms with van der Waals surface area (Å²) in [5, 5.41) is 2.54. The van der Waals surface area contributed by atoms with Crippen molar-refractivity contribution in [3.63, 3.8) is 0 Å². The Balaban J connectivity index is 1.47. The van der Waals surface area contributed by atoms with E-state index in [-0.39, 0.29) is 24.3 Å². The average Bonchev–Trinajstić information content (AvgIpc) is 3.15. The summed E-state index contributed by atoms with van der Waals surface area (Å²) in [5.41, 5.74) is 1.27. The predicted octanol–water partition coefficient (Wildman–Crippen LogP) is 4.87. The summed E-state index contributed by atoms with van der Waals surface area (Å²) in [4.78, 5) is 13.8. The van der Waals surface area contributed by atoms with Gasteiger partial charge in [0.25, 0.3) is 0 Å². The van der Waals surface area contributed by atoms with Crippen molar-refractivity contribution in [2.75, 3.05) is 13.1 Å². The number of ether oxygens (including phenoxy) is 2. The van der Waals surface area contributed by atoms with Gasteiger partial charge in [-0.1, -0.05) is 55.3 Å². The maximum atomic E-state index is 11.3. The summed E-state index contributed by atoms with van der Waals surface area (Å²) >= 11 is 0. The Morgan fingerprint density at radius 1 is 1.07 bits per heavy atom. The molecule has 0 bridgehead atoms. The van der Waals surface area contributed by atoms with Gasteiger partial charge >= 0.3 is 5.97 Å². The second-order valence-electron chi connectivity index (χ2n) is 8.25. The van der Waals surface area contributed by atoms with E-state index < -0.39 is 0 Å². The fourth-order valence-corrected chi connectivity index (χ4v) is 4.98. The summed E-state index contributed by atoms with van der Waals surface area (Å²) < 4.78 is 12.1. The third-order valence-electron chi connectivity index (χ3n) is 6.29. The van der Waals surface area contributed by atoms with Gasteiger partial charge in [-0.05, 0) is 42.5 Å². The number of rotatable bonds is 5. The lowest BCUT2D eigenvalue weighted by atomic mass is 9.91. The number of nitrogens with zero attached hydrogens (tertiary/aromatic N) is 1. The van der Waals surface area contributed by atoms with Gasteiger partial charge in [0, 0.05) is 26.1 Å². The van der Waals surface area contributed by atoms with E-state index in [0.717, 1.165) is 25.9 Å². The molecule has 0 radical (unpaired) electrons. The minimum atomic E-state index is -0.173. The number of carbonyl (C=O) groups excluding carboxylic acids is 1. The molecule has 1 aliphatic carbocycles. The van der Waals surface area contributed by atoms with E-state index in [4.69, 9.17) is 9.47 Å². The Kier molecular flexibility index (Phi) is 5.98. The van der Waals surface area contributed by atoms with Crippen molar-refractivity contribution in [3.05, 3.63) is 48.0 Å². The van der Waals surface area contributed by atoms with E-state index in [1.54, 1.807) is 0 Å². The van der Waals surface area contributed by atoms with Crippen LogP contribution in [0.4, 0.5) is 0 Å². The first-order valence-electron chi connectivity index (χ1n) is 10.7. The molecule has 2 unspecified atom stereocenters. The minimum Gasteiger partial charge on any atom is -0.461 e. The molecule has 4 nitrogen and oxygen atoms in total. The molecule has 2 aliphatic rings. The fourth-order valence-electron chi connectivity index (χ4n) is 4.98. The molecule has 1 saturated carbocycles. The van der Waals surface area contributed by atoms with Gasteiger partial charge in [0.1, 0.15) is 6.10 Å². The van der Waals surface area contributed by atoms with Gasteiger partial charge in [0.2, 0.25) is 0 Å². The van der Waals surface area contributed by atoms with Crippen molar-refractivity contribution in [2.24, 2.45) is 0 Å². The van der Waals surface area contributed by atoms with Gasteiger partial charge in [-0.3, -0.25) is 9.69 Å². The summed E-state index contributed by atoms with van der Waals surface area (Å²) in [5.74, 6) is -0.173. The van der Waals surface area contributed by atoms with Gasteiger partial charge < -0.3 is 9.47 Å². The maximum Gasteiger partial charge on any atom is 0.302 e. The van der Waals surface area contributed by atoms with E-state index in [1.807, 2.05) is 0 Å². The molecule has 4 rings (SSSR count). The molecular formula is C24H31NO3. The Morgan fingerprint density at radius 2 is 1.86 bits per heavy atom. The van der Waals surface area contributed by atoms with Crippen LogP contribution in [0.25, 0.3) is 10.8 Å². The van der Waals surface area contributed by atoms with Crippen LogP contribution in [0.5, 0.6) is 0 Å². The molecule has 2 aromatic rings. The Bertz CT molecular complexity index is 815. The molecule has 0 spiro atoms. The predicted molar refractivity (Wildman–Crippen MR) is 111 cm³/mol. The fraction of sp³-hybridized carbons (Fsp3) is 0.542. The van der Waals surface area contributed by atoms with E-state index in [0.29, 0.717) is 6.04 Å². The van der Waals surface area contributed by atoms with Crippen molar-refractivity contribution in [1.82, 2.24) is 4.90 Å². The largest absolute Gasteiger partial charge is 0.461 e. The molecule has 1 heterocycles. The van der Waals surface area contributed by atoms with Crippen LogP contribution in [0.3, 0.4) is 0 Å². The molecule has 150 valence electrons. The zero-order valence-corrected chi connectivity index (χ0v) is 17.0. The molecule has 2 fully saturated rings. The molecule has 1 saturated heterocycles. The topological polar surface area (TPSA) is 38.8 Å². The highest BCUT2D eigenvalue weighted by Crippen LogP contribution is 2.34. The molecule has 0 N–H and O–H groups in total. The highest BCUT2D eigenvalue weighted by atomic mass is 16.5. The molecule has 1 aliphatic heterocycles. The van der Waals surface area contributed by atoms with Crippen LogP contribution < -0.4 is 0 Å². The van der Waals surface area contributed by atoms with E-state index in [9.17, 15) is 4.79 Å². The van der Waals surface area contributed by atoms with Gasteiger partial charge in [-0.2, -0.15) is 0 Å². The lowest BCUT2D eigenvalue weighted by Gasteiger charge is -2.39. The summed E-state index contributed by atoms with van der Waals surface area (Å²) in [6, 6.07) is 15.4. The third-order valence-corrected chi connectivity index (χ3v) is 6.29. The number of likely N-dealkylation sites (tertiary alicyclic amines) is 1. The lowest BCUT2D eigenvalue weighted by Crippen LogP contribution is -2.46. The number of carbonyl (C=O) groups is 1. The zero-order valence-electron chi connectivity index (χ0n) is 17.0. The van der Waals surface area contributed by atoms with Gasteiger partial charge in [0.05, 0.1) is 12.2 Å². The highest BCUT2D eigenvalue weighted by Gasteiger charge is 2.37. The van der Waals surface area contributed by atoms with Crippen molar-refractivity contribution >= 4 is 16.7 Å². The van der Waals surface area contributed by atoms with Gasteiger partial charge in [0.15, 0.2) is 0 Å². The second-order valence-corrected chi connectivity index (χ2v) is 8.25. The Morgan fingerprint density at radius 3 is 2.71 bits per heavy atom. The smallest absolute Gasteiger partial charge is 0.302 e. The number of benzene rings is 2. The quantitative estimate of drug-likeness (QED) is 0.693. The van der Waals surface area contributed by atoms with E-state index in [2.05, 4.69) is 54.3 Å². The summed E-state index contributed by atoms with van der Waals surface area (Å²) in [7, 11) is 0. The molecule has 4 atom stereocenters. The summed E-state index contributed by atoms with van der Waals surface area (Å²) in [6.07, 6.45) is 6.01. The van der Waals surface area contributed by atoms with Crippen molar-refractivity contribution < 1.29 is 14.3 Å². The third kappa shape index (κ3) is 4.23. The number of fused-ring (bicyclic) bond motifs is 1. The number of hydrogen-bond donors (Lipinski definition) is 0. The first kappa shape index (κ1) is 19.4. The Labute approximate surface area is 167 Å². The number of esters is 1. The van der Waals surface area contributed by atoms with Gasteiger partial charge in [-0.15, -0.1) is 0 Å². The minimum absolute atomic E-state index is 0.0376. The molecule has 2 aromatic carbocycles. The van der Waals surface area contributed by atoms with Crippen LogP contribution in [0.2, 0.25) is 0 Å². The second kappa shape index (κ2) is 8.62. The lowest BCUT2D eigenvalue weighted by molar-refractivity contribution is -0.146. The van der Waals surface area contributed by atoms with Crippen molar-refractivity contribution in [3.8, 4) is 0 Å². The zero-order chi connectivity index (χ0) is 19.5. The summed E-state index contributed by atoms with van der Waals surface area (Å²) in [6.45, 7) is 5.51. The van der Waals surface area contributed by atoms with Gasteiger partial charge in [-0.25, -0.2) is 0 Å². The standard InChI is InChI=1S/C24H31NO3/c1-17(21-11-7-9-19-8-3-4-10-22(19)21)27-24-13-6-5-12-23(24)25-15-14-20(16-25)28-18(2)26/h3-4,7-11,17,20,23-24H,5-6,12-16H2,1-2H3/t17?,20?,23-,24-/m1/s1. The van der Waals surface area contributed by atoms with Crippen LogP contribution in [-0.2, 0) is 14.3 Å². The molecular weight excluding hydrogens is 350 g/mol. The number of hydrogen-bond acceptors (Lipinski definition) is 4. The Hall–Kier alpha value is -1.91. The maximum absolute atomic E-state index is 11.3. The normalized spacial score (nSPS) is 27.0. The van der Waals surface area contributed by atoms with Crippen LogP contribution in [0.1, 0.15) is 57.6 Å². The molecule has 0 aromatic heterocycles. The first-order chi connectivity index (χ1) is 13.6. The first-order valence-corrected chi connectivity index (χ1v) is 10.7. The van der Waals surface area contributed by atoms with Crippen LogP contribution >= 0.6 is 0 Å².